The van der Waals surface area contributed by atoms with E-state index >= 15 is 0 Å². The molecule has 2 N–H and O–H groups in total. The normalized spacial score (nSPS) is 10.5. The highest BCUT2D eigenvalue weighted by atomic mass is 35.5. The van der Waals surface area contributed by atoms with Crippen LogP contribution in [0.3, 0.4) is 0 Å². The fraction of sp³-hybridized carbons (Fsp3) is 0.118. The number of hydrogen-bond acceptors (Lipinski definition) is 4. The van der Waals surface area contributed by atoms with Gasteiger partial charge < -0.3 is 5.32 Å². The summed E-state index contributed by atoms with van der Waals surface area (Å²) >= 11 is 5.92. The average molecular weight is 327 g/mol. The second kappa shape index (κ2) is 6.62. The number of nitrogens with one attached hydrogen (secondary N) is 2. The number of hydrogen-bond donors (Lipinski definition) is 2. The van der Waals surface area contributed by atoms with Crippen molar-refractivity contribution in [2.24, 2.45) is 0 Å². The number of rotatable bonds is 4. The minimum Gasteiger partial charge on any atom is -0.324 e. The number of halogens is 1. The molecule has 2 aromatic carbocycles. The molecule has 1 heterocycles. The van der Waals surface area contributed by atoms with Crippen LogP contribution in [0.2, 0.25) is 5.02 Å². The molecule has 0 aliphatic rings. The van der Waals surface area contributed by atoms with Crippen molar-refractivity contribution in [1.29, 1.82) is 0 Å². The maximum absolute atomic E-state index is 12.1. The summed E-state index contributed by atoms with van der Waals surface area (Å²) in [6.07, 6.45) is 0.445. The Labute approximate surface area is 138 Å². The number of nitrogens with zero attached hydrogens (tertiary/aromatic N) is 2. The molecule has 116 valence electrons. The minimum atomic E-state index is -0.259. The Bertz CT molecular complexity index is 874. The van der Waals surface area contributed by atoms with E-state index in [1.165, 1.54) is 5.56 Å². The van der Waals surface area contributed by atoms with Crippen LogP contribution in [0, 0.1) is 6.92 Å². The molecule has 0 aliphatic carbocycles. The van der Waals surface area contributed by atoms with Gasteiger partial charge in [-0.25, -0.2) is 0 Å². The van der Waals surface area contributed by atoms with E-state index in [9.17, 15) is 4.79 Å². The summed E-state index contributed by atoms with van der Waals surface area (Å²) in [6.45, 7) is 2.02. The van der Waals surface area contributed by atoms with E-state index in [-0.39, 0.29) is 11.5 Å². The highest BCUT2D eigenvalue weighted by Crippen LogP contribution is 2.17. The van der Waals surface area contributed by atoms with Gasteiger partial charge in [0.2, 0.25) is 5.95 Å². The highest BCUT2D eigenvalue weighted by Gasteiger charge is 2.06. The quantitative estimate of drug-likeness (QED) is 0.770. The fourth-order valence-electron chi connectivity index (χ4n) is 2.13. The average Bonchev–Trinajstić information content (AvgIpc) is 2.52. The third-order valence-electron chi connectivity index (χ3n) is 3.34. The predicted molar refractivity (Wildman–Crippen MR) is 91.4 cm³/mol. The molecular weight excluding hydrogens is 312 g/mol. The summed E-state index contributed by atoms with van der Waals surface area (Å²) in [4.78, 5) is 14.8. The molecule has 0 saturated carbocycles. The van der Waals surface area contributed by atoms with Gasteiger partial charge in [-0.3, -0.25) is 9.78 Å². The van der Waals surface area contributed by atoms with Gasteiger partial charge in [0, 0.05) is 17.1 Å². The van der Waals surface area contributed by atoms with E-state index < -0.39 is 0 Å². The molecule has 6 heteroatoms. The Hall–Kier alpha value is -2.66. The van der Waals surface area contributed by atoms with Crippen LogP contribution < -0.4 is 10.9 Å². The van der Waals surface area contributed by atoms with Gasteiger partial charge in [-0.2, -0.15) is 0 Å². The van der Waals surface area contributed by atoms with Gasteiger partial charge in [0.1, 0.15) is 5.69 Å². The lowest BCUT2D eigenvalue weighted by Crippen LogP contribution is -2.18. The molecule has 0 amide bonds. The van der Waals surface area contributed by atoms with Crippen molar-refractivity contribution in [1.82, 2.24) is 15.2 Å². The van der Waals surface area contributed by atoms with E-state index in [1.807, 2.05) is 43.3 Å². The first-order valence-electron chi connectivity index (χ1n) is 7.14. The van der Waals surface area contributed by atoms with Crippen molar-refractivity contribution in [2.75, 3.05) is 5.32 Å². The second-order valence-electron chi connectivity index (χ2n) is 5.25. The molecule has 3 aromatic rings. The minimum absolute atomic E-state index is 0.259. The Kier molecular flexibility index (Phi) is 4.39. The van der Waals surface area contributed by atoms with E-state index in [4.69, 9.17) is 11.6 Å². The van der Waals surface area contributed by atoms with Gasteiger partial charge in [-0.05, 0) is 30.7 Å². The number of benzene rings is 2. The van der Waals surface area contributed by atoms with Crippen LogP contribution in [0.5, 0.6) is 0 Å². The molecule has 1 aromatic heterocycles. The van der Waals surface area contributed by atoms with Crippen LogP contribution in [0.15, 0.2) is 53.3 Å². The zero-order valence-electron chi connectivity index (χ0n) is 12.5. The van der Waals surface area contributed by atoms with Crippen LogP contribution in [0.4, 0.5) is 11.6 Å². The SMILES string of the molecule is Cc1ccc(Cc2nnc(Nc3cccc(Cl)c3)[nH]c2=O)cc1. The number of aromatic nitrogens is 3. The molecule has 23 heavy (non-hydrogen) atoms. The molecule has 0 aliphatic heterocycles. The van der Waals surface area contributed by atoms with Gasteiger partial charge in [-0.15, -0.1) is 10.2 Å². The maximum Gasteiger partial charge on any atom is 0.274 e. The fourth-order valence-corrected chi connectivity index (χ4v) is 2.32. The van der Waals surface area contributed by atoms with Crippen molar-refractivity contribution in [3.8, 4) is 0 Å². The zero-order chi connectivity index (χ0) is 16.2. The van der Waals surface area contributed by atoms with Crippen molar-refractivity contribution in [2.45, 2.75) is 13.3 Å². The second-order valence-corrected chi connectivity index (χ2v) is 5.68. The smallest absolute Gasteiger partial charge is 0.274 e. The topological polar surface area (TPSA) is 70.7 Å². The number of H-pyrrole nitrogens is 1. The first-order chi connectivity index (χ1) is 11.1. The van der Waals surface area contributed by atoms with E-state index in [2.05, 4.69) is 20.5 Å². The maximum atomic E-state index is 12.1. The Morgan fingerprint density at radius 2 is 1.91 bits per heavy atom. The third kappa shape index (κ3) is 3.96. The Balaban J connectivity index is 1.78. The van der Waals surface area contributed by atoms with Crippen LogP contribution in [-0.4, -0.2) is 15.2 Å². The number of aromatic amines is 1. The molecule has 0 spiro atoms. The standard InChI is InChI=1S/C17H15ClN4O/c1-11-5-7-12(8-6-11)9-15-16(23)20-17(22-21-15)19-14-4-2-3-13(18)10-14/h2-8,10H,9H2,1H3,(H2,19,20,22,23). The molecule has 3 rings (SSSR count). The zero-order valence-corrected chi connectivity index (χ0v) is 13.3. The number of aryl methyl sites for hydroxylation is 1. The lowest BCUT2D eigenvalue weighted by molar-refractivity contribution is 0.874. The van der Waals surface area contributed by atoms with E-state index in [0.29, 0.717) is 17.1 Å². The van der Waals surface area contributed by atoms with Crippen molar-refractivity contribution >= 4 is 23.2 Å². The summed E-state index contributed by atoms with van der Waals surface area (Å²) in [5, 5.41) is 11.6. The molecule has 0 unspecified atom stereocenters. The summed E-state index contributed by atoms with van der Waals surface area (Å²) in [5.74, 6) is 0.282. The molecule has 0 radical (unpaired) electrons. The molecule has 0 bridgehead atoms. The lowest BCUT2D eigenvalue weighted by Gasteiger charge is -2.06. The van der Waals surface area contributed by atoms with Gasteiger partial charge in [0.25, 0.3) is 5.56 Å². The van der Waals surface area contributed by atoms with Crippen molar-refractivity contribution in [3.63, 3.8) is 0 Å². The van der Waals surface area contributed by atoms with Crippen molar-refractivity contribution < 1.29 is 0 Å². The van der Waals surface area contributed by atoms with Crippen LogP contribution >= 0.6 is 11.6 Å². The molecule has 5 nitrogen and oxygen atoms in total. The molecule has 0 atom stereocenters. The van der Waals surface area contributed by atoms with E-state index in [0.717, 1.165) is 11.3 Å². The van der Waals surface area contributed by atoms with Crippen molar-refractivity contribution in [3.05, 3.63) is 80.7 Å². The third-order valence-corrected chi connectivity index (χ3v) is 3.58. The van der Waals surface area contributed by atoms with Gasteiger partial charge >= 0.3 is 0 Å². The van der Waals surface area contributed by atoms with Gasteiger partial charge in [-0.1, -0.05) is 47.5 Å². The summed E-state index contributed by atoms with van der Waals surface area (Å²) in [5.41, 5.74) is 3.05. The largest absolute Gasteiger partial charge is 0.324 e. The summed E-state index contributed by atoms with van der Waals surface area (Å²) in [6, 6.07) is 15.1. The highest BCUT2D eigenvalue weighted by molar-refractivity contribution is 6.30. The molecular formula is C17H15ClN4O. The molecule has 0 saturated heterocycles. The van der Waals surface area contributed by atoms with Crippen LogP contribution in [-0.2, 0) is 6.42 Å². The predicted octanol–water partition coefficient (Wildman–Crippen LogP) is 3.46. The monoisotopic (exact) mass is 326 g/mol. The molecule has 0 fully saturated rings. The lowest BCUT2D eigenvalue weighted by atomic mass is 10.1. The Morgan fingerprint density at radius 1 is 1.13 bits per heavy atom. The Morgan fingerprint density at radius 3 is 2.61 bits per heavy atom. The van der Waals surface area contributed by atoms with Crippen LogP contribution in [0.25, 0.3) is 0 Å². The van der Waals surface area contributed by atoms with Gasteiger partial charge in [0.05, 0.1) is 0 Å². The number of anilines is 2. The summed E-state index contributed by atoms with van der Waals surface area (Å²) < 4.78 is 0. The van der Waals surface area contributed by atoms with Gasteiger partial charge in [0.15, 0.2) is 0 Å². The first-order valence-corrected chi connectivity index (χ1v) is 7.52. The van der Waals surface area contributed by atoms with Crippen LogP contribution in [0.1, 0.15) is 16.8 Å². The van der Waals surface area contributed by atoms with E-state index in [1.54, 1.807) is 12.1 Å². The summed E-state index contributed by atoms with van der Waals surface area (Å²) in [7, 11) is 0. The first kappa shape index (κ1) is 15.2.